The van der Waals surface area contributed by atoms with Crippen molar-refractivity contribution >= 4 is 0 Å². The molecule has 2 unspecified atom stereocenters. The normalized spacial score (nSPS) is 28.8. The molecular formula is C14H26N4. The van der Waals surface area contributed by atoms with Crippen LogP contribution < -0.4 is 5.73 Å². The second-order valence-electron chi connectivity index (χ2n) is 6.30. The summed E-state index contributed by atoms with van der Waals surface area (Å²) < 4.78 is 2.04. The third-order valence-electron chi connectivity index (χ3n) is 4.29. The summed E-state index contributed by atoms with van der Waals surface area (Å²) in [5, 5.41) is 4.33. The smallest absolute Gasteiger partial charge is 0.138 e. The Morgan fingerprint density at radius 2 is 2.33 bits per heavy atom. The molecule has 0 bridgehead atoms. The van der Waals surface area contributed by atoms with E-state index in [4.69, 9.17) is 5.73 Å². The molecule has 1 fully saturated rings. The van der Waals surface area contributed by atoms with E-state index in [9.17, 15) is 0 Å². The van der Waals surface area contributed by atoms with Crippen molar-refractivity contribution in [1.29, 1.82) is 0 Å². The highest BCUT2D eigenvalue weighted by molar-refractivity contribution is 4.98. The van der Waals surface area contributed by atoms with Crippen molar-refractivity contribution in [3.63, 3.8) is 0 Å². The van der Waals surface area contributed by atoms with Gasteiger partial charge in [-0.3, -0.25) is 0 Å². The summed E-state index contributed by atoms with van der Waals surface area (Å²) in [5.41, 5.74) is 6.33. The van der Waals surface area contributed by atoms with Gasteiger partial charge in [0.05, 0.1) is 0 Å². The van der Waals surface area contributed by atoms with E-state index < -0.39 is 0 Å². The van der Waals surface area contributed by atoms with E-state index in [1.165, 1.54) is 25.7 Å². The van der Waals surface area contributed by atoms with E-state index in [0.717, 1.165) is 24.7 Å². The van der Waals surface area contributed by atoms with Gasteiger partial charge in [-0.1, -0.05) is 19.8 Å². The summed E-state index contributed by atoms with van der Waals surface area (Å²) in [6.45, 7) is 7.41. The van der Waals surface area contributed by atoms with Gasteiger partial charge in [-0.05, 0) is 44.6 Å². The molecule has 1 aliphatic carbocycles. The second-order valence-corrected chi connectivity index (χ2v) is 6.30. The van der Waals surface area contributed by atoms with E-state index >= 15 is 0 Å². The molecular weight excluding hydrogens is 224 g/mol. The Morgan fingerprint density at radius 1 is 1.56 bits per heavy atom. The Kier molecular flexibility index (Phi) is 4.05. The second kappa shape index (κ2) is 5.39. The number of hydrogen-bond donors (Lipinski definition) is 1. The fourth-order valence-corrected chi connectivity index (χ4v) is 3.35. The largest absolute Gasteiger partial charge is 0.330 e. The Labute approximate surface area is 110 Å². The zero-order chi connectivity index (χ0) is 13.2. The highest BCUT2D eigenvalue weighted by atomic mass is 15.3. The number of hydrogen-bond acceptors (Lipinski definition) is 3. The van der Waals surface area contributed by atoms with E-state index in [2.05, 4.69) is 30.9 Å². The summed E-state index contributed by atoms with van der Waals surface area (Å²) in [6, 6.07) is 0.373. The van der Waals surface area contributed by atoms with Crippen LogP contribution in [-0.4, -0.2) is 21.3 Å². The quantitative estimate of drug-likeness (QED) is 0.893. The number of nitrogens with two attached hydrogens (primary N) is 1. The van der Waals surface area contributed by atoms with Crippen LogP contribution in [0, 0.1) is 11.3 Å². The van der Waals surface area contributed by atoms with Crippen molar-refractivity contribution in [2.45, 2.75) is 58.9 Å². The first kappa shape index (κ1) is 13.5. The first-order valence-corrected chi connectivity index (χ1v) is 7.15. The van der Waals surface area contributed by atoms with Gasteiger partial charge >= 0.3 is 0 Å². The maximum absolute atomic E-state index is 6.09. The first-order valence-electron chi connectivity index (χ1n) is 7.15. The van der Waals surface area contributed by atoms with Crippen molar-refractivity contribution in [2.24, 2.45) is 17.1 Å². The van der Waals surface area contributed by atoms with Gasteiger partial charge in [-0.15, -0.1) is 0 Å². The molecule has 0 aliphatic heterocycles. The molecule has 2 rings (SSSR count). The average Bonchev–Trinajstić information content (AvgIpc) is 2.77. The molecule has 0 radical (unpaired) electrons. The Balaban J connectivity index is 2.16. The molecule has 2 N–H and O–H groups in total. The monoisotopic (exact) mass is 250 g/mol. The molecule has 0 spiro atoms. The lowest BCUT2D eigenvalue weighted by atomic mass is 9.68. The average molecular weight is 250 g/mol. The lowest BCUT2D eigenvalue weighted by Gasteiger charge is -2.39. The molecule has 0 saturated heterocycles. The number of aromatic nitrogens is 3. The minimum Gasteiger partial charge on any atom is -0.330 e. The van der Waals surface area contributed by atoms with Crippen LogP contribution in [0.2, 0.25) is 0 Å². The van der Waals surface area contributed by atoms with Crippen molar-refractivity contribution < 1.29 is 0 Å². The van der Waals surface area contributed by atoms with Crippen molar-refractivity contribution in [3.8, 4) is 0 Å². The Morgan fingerprint density at radius 3 is 2.94 bits per heavy atom. The molecule has 1 saturated carbocycles. The SMILES string of the molecule is CC1CCCC(CN)(Cc2ncnn2C(C)C)C1. The van der Waals surface area contributed by atoms with Gasteiger partial charge in [0.15, 0.2) is 0 Å². The molecule has 102 valence electrons. The standard InChI is InChI=1S/C14H26N4/c1-11(2)18-13(16-10-17-18)8-14(9-15)6-4-5-12(3)7-14/h10-12H,4-9,15H2,1-3H3. The fraction of sp³-hybridized carbons (Fsp3) is 0.857. The molecule has 1 aromatic rings. The molecule has 2 atom stereocenters. The number of nitrogens with zero attached hydrogens (tertiary/aromatic N) is 3. The minimum absolute atomic E-state index is 0.247. The van der Waals surface area contributed by atoms with Crippen molar-refractivity contribution in [2.75, 3.05) is 6.54 Å². The predicted molar refractivity (Wildman–Crippen MR) is 73.2 cm³/mol. The zero-order valence-corrected chi connectivity index (χ0v) is 11.9. The molecule has 18 heavy (non-hydrogen) atoms. The van der Waals surface area contributed by atoms with Gasteiger partial charge < -0.3 is 5.73 Å². The van der Waals surface area contributed by atoms with Crippen LogP contribution in [0.1, 0.15) is 58.3 Å². The van der Waals surface area contributed by atoms with Gasteiger partial charge in [0.25, 0.3) is 0 Å². The lowest BCUT2D eigenvalue weighted by molar-refractivity contribution is 0.148. The van der Waals surface area contributed by atoms with Gasteiger partial charge in [0.2, 0.25) is 0 Å². The summed E-state index contributed by atoms with van der Waals surface area (Å²) in [4.78, 5) is 4.45. The van der Waals surface area contributed by atoms with Crippen LogP contribution in [-0.2, 0) is 6.42 Å². The molecule has 4 heteroatoms. The third kappa shape index (κ3) is 2.74. The minimum atomic E-state index is 0.247. The van der Waals surface area contributed by atoms with Crippen LogP contribution in [0.3, 0.4) is 0 Å². The maximum atomic E-state index is 6.09. The summed E-state index contributed by atoms with van der Waals surface area (Å²) >= 11 is 0. The van der Waals surface area contributed by atoms with E-state index in [-0.39, 0.29) is 5.41 Å². The highest BCUT2D eigenvalue weighted by Crippen LogP contribution is 2.40. The van der Waals surface area contributed by atoms with E-state index in [1.54, 1.807) is 6.33 Å². The predicted octanol–water partition coefficient (Wildman–Crippen LogP) is 2.56. The first-order chi connectivity index (χ1) is 8.56. The van der Waals surface area contributed by atoms with Gasteiger partial charge in [-0.2, -0.15) is 5.10 Å². The van der Waals surface area contributed by atoms with E-state index in [0.29, 0.717) is 6.04 Å². The van der Waals surface area contributed by atoms with Crippen LogP contribution in [0.5, 0.6) is 0 Å². The molecule has 0 amide bonds. The van der Waals surface area contributed by atoms with Crippen LogP contribution in [0.15, 0.2) is 6.33 Å². The molecule has 0 aromatic carbocycles. The van der Waals surface area contributed by atoms with Crippen LogP contribution >= 0.6 is 0 Å². The summed E-state index contributed by atoms with van der Waals surface area (Å²) in [5.74, 6) is 1.89. The summed E-state index contributed by atoms with van der Waals surface area (Å²) in [6.07, 6.45) is 7.76. The lowest BCUT2D eigenvalue weighted by Crippen LogP contribution is -2.38. The van der Waals surface area contributed by atoms with Gasteiger partial charge in [0.1, 0.15) is 12.2 Å². The summed E-state index contributed by atoms with van der Waals surface area (Å²) in [7, 11) is 0. The molecule has 4 nitrogen and oxygen atoms in total. The number of rotatable bonds is 4. The van der Waals surface area contributed by atoms with E-state index in [1.807, 2.05) is 4.68 Å². The molecule has 1 heterocycles. The third-order valence-corrected chi connectivity index (χ3v) is 4.29. The fourth-order valence-electron chi connectivity index (χ4n) is 3.35. The van der Waals surface area contributed by atoms with Crippen LogP contribution in [0.4, 0.5) is 0 Å². The van der Waals surface area contributed by atoms with Gasteiger partial charge in [0, 0.05) is 12.5 Å². The molecule has 1 aromatic heterocycles. The zero-order valence-electron chi connectivity index (χ0n) is 11.9. The highest BCUT2D eigenvalue weighted by Gasteiger charge is 2.35. The Bertz CT molecular complexity index is 385. The van der Waals surface area contributed by atoms with Crippen LogP contribution in [0.25, 0.3) is 0 Å². The van der Waals surface area contributed by atoms with Crippen molar-refractivity contribution in [1.82, 2.24) is 14.8 Å². The molecule has 1 aliphatic rings. The van der Waals surface area contributed by atoms with Gasteiger partial charge in [-0.25, -0.2) is 9.67 Å². The Hall–Kier alpha value is -0.900. The maximum Gasteiger partial charge on any atom is 0.138 e. The van der Waals surface area contributed by atoms with Crippen molar-refractivity contribution in [3.05, 3.63) is 12.2 Å². The topological polar surface area (TPSA) is 56.7 Å².